The zero-order valence-corrected chi connectivity index (χ0v) is 19.0. The van der Waals surface area contributed by atoms with Crippen LogP contribution >= 0.6 is 0 Å². The van der Waals surface area contributed by atoms with Crippen molar-refractivity contribution in [2.24, 2.45) is 0 Å². The number of hydrogen-bond acceptors (Lipinski definition) is 4. The molecule has 5 nitrogen and oxygen atoms in total. The smallest absolute Gasteiger partial charge is 0.323 e. The Balaban J connectivity index is 1.48. The third-order valence-electron chi connectivity index (χ3n) is 7.06. The lowest BCUT2D eigenvalue weighted by atomic mass is 9.74. The summed E-state index contributed by atoms with van der Waals surface area (Å²) in [6.45, 7) is 0. The molecule has 1 unspecified atom stereocenters. The second kappa shape index (κ2) is 9.43. The molecule has 2 aromatic carbocycles. The quantitative estimate of drug-likeness (QED) is 0.539. The van der Waals surface area contributed by atoms with Crippen molar-refractivity contribution in [3.8, 4) is 0 Å². The number of aromatic amines is 1. The summed E-state index contributed by atoms with van der Waals surface area (Å²) in [4.78, 5) is 18.0. The fourth-order valence-corrected chi connectivity index (χ4v) is 5.19. The van der Waals surface area contributed by atoms with Crippen LogP contribution in [-0.4, -0.2) is 49.1 Å². The van der Waals surface area contributed by atoms with E-state index < -0.39 is 6.04 Å². The molecule has 170 valence electrons. The van der Waals surface area contributed by atoms with Gasteiger partial charge in [-0.3, -0.25) is 9.69 Å². The van der Waals surface area contributed by atoms with Crippen molar-refractivity contribution < 1.29 is 13.9 Å². The number of aromatic nitrogens is 1. The van der Waals surface area contributed by atoms with Crippen LogP contribution in [0.25, 0.3) is 10.9 Å². The second-order valence-corrected chi connectivity index (χ2v) is 9.02. The van der Waals surface area contributed by atoms with E-state index in [0.717, 1.165) is 42.1 Å². The van der Waals surface area contributed by atoms with Gasteiger partial charge in [0.25, 0.3) is 0 Å². The summed E-state index contributed by atoms with van der Waals surface area (Å²) in [7, 11) is 5.73. The van der Waals surface area contributed by atoms with Crippen LogP contribution in [0.2, 0.25) is 0 Å². The molecule has 32 heavy (non-hydrogen) atoms. The van der Waals surface area contributed by atoms with Crippen LogP contribution in [-0.2, 0) is 21.5 Å². The summed E-state index contributed by atoms with van der Waals surface area (Å²) in [5, 5.41) is 4.50. The minimum atomic E-state index is -0.447. The third kappa shape index (κ3) is 4.43. The maximum atomic E-state index is 13.5. The van der Waals surface area contributed by atoms with Gasteiger partial charge in [-0.1, -0.05) is 30.3 Å². The molecule has 1 aliphatic rings. The maximum absolute atomic E-state index is 13.5. The highest BCUT2D eigenvalue weighted by atomic mass is 19.1. The van der Waals surface area contributed by atoms with E-state index in [1.165, 1.54) is 24.8 Å². The first-order valence-electron chi connectivity index (χ1n) is 11.3. The summed E-state index contributed by atoms with van der Waals surface area (Å²) in [5.74, 6) is -0.549. The normalized spacial score (nSPS) is 22.2. The number of esters is 1. The molecule has 6 heteroatoms. The van der Waals surface area contributed by atoms with Gasteiger partial charge in [-0.25, -0.2) is 4.39 Å². The minimum Gasteiger partial charge on any atom is -0.468 e. The largest absolute Gasteiger partial charge is 0.468 e. The standard InChI is InChI=1S/C26H32FN3O2/c1-30(2)26(19-7-5-4-6-8-19)13-11-21(12-14-26)29-24(25(31)32-3)15-18-17-28-23-16-20(27)9-10-22(18)23/h4-10,16-17,21,24,28-29H,11-15H2,1-3H3. The van der Waals surface area contributed by atoms with Crippen LogP contribution in [0.3, 0.4) is 0 Å². The summed E-state index contributed by atoms with van der Waals surface area (Å²) in [5.41, 5.74) is 3.07. The van der Waals surface area contributed by atoms with Crippen LogP contribution in [0.5, 0.6) is 0 Å². The number of nitrogens with one attached hydrogen (secondary N) is 2. The molecular formula is C26H32FN3O2. The highest BCUT2D eigenvalue weighted by Crippen LogP contribution is 2.41. The van der Waals surface area contributed by atoms with Crippen molar-refractivity contribution in [1.82, 2.24) is 15.2 Å². The van der Waals surface area contributed by atoms with Gasteiger partial charge in [-0.2, -0.15) is 0 Å². The second-order valence-electron chi connectivity index (χ2n) is 9.02. The van der Waals surface area contributed by atoms with E-state index in [9.17, 15) is 9.18 Å². The van der Waals surface area contributed by atoms with Crippen LogP contribution in [0.4, 0.5) is 4.39 Å². The lowest BCUT2D eigenvalue weighted by molar-refractivity contribution is -0.143. The summed E-state index contributed by atoms with van der Waals surface area (Å²) < 4.78 is 18.6. The zero-order chi connectivity index (χ0) is 22.7. The number of rotatable bonds is 7. The molecule has 3 aromatic rings. The number of H-pyrrole nitrogens is 1. The molecule has 1 fully saturated rings. The Morgan fingerprint density at radius 1 is 1.22 bits per heavy atom. The minimum absolute atomic E-state index is 0.0150. The topological polar surface area (TPSA) is 57.4 Å². The number of nitrogens with zero attached hydrogens (tertiary/aromatic N) is 1. The Hall–Kier alpha value is -2.70. The molecule has 1 aromatic heterocycles. The number of carbonyl (C=O) groups is 1. The lowest BCUT2D eigenvalue weighted by Gasteiger charge is -2.46. The highest BCUT2D eigenvalue weighted by Gasteiger charge is 2.39. The van der Waals surface area contributed by atoms with E-state index in [2.05, 4.69) is 59.6 Å². The summed E-state index contributed by atoms with van der Waals surface area (Å²) in [6.07, 6.45) is 6.32. The van der Waals surface area contributed by atoms with E-state index >= 15 is 0 Å². The van der Waals surface area contributed by atoms with Gasteiger partial charge in [0.05, 0.1) is 7.11 Å². The van der Waals surface area contributed by atoms with Crippen LogP contribution < -0.4 is 5.32 Å². The van der Waals surface area contributed by atoms with Gasteiger partial charge in [-0.15, -0.1) is 0 Å². The molecule has 1 saturated carbocycles. The van der Waals surface area contributed by atoms with Crippen molar-refractivity contribution in [2.45, 2.75) is 49.7 Å². The zero-order valence-electron chi connectivity index (χ0n) is 19.0. The molecule has 0 saturated heterocycles. The van der Waals surface area contributed by atoms with Crippen molar-refractivity contribution in [3.05, 3.63) is 71.7 Å². The number of halogens is 1. The average Bonchev–Trinajstić information content (AvgIpc) is 3.20. The molecule has 0 radical (unpaired) electrons. The Morgan fingerprint density at radius 3 is 2.59 bits per heavy atom. The number of carbonyl (C=O) groups excluding carboxylic acids is 1. The van der Waals surface area contributed by atoms with Crippen LogP contribution in [0.1, 0.15) is 36.8 Å². The van der Waals surface area contributed by atoms with Gasteiger partial charge >= 0.3 is 5.97 Å². The number of fused-ring (bicyclic) bond motifs is 1. The van der Waals surface area contributed by atoms with Gasteiger partial charge in [-0.05, 0) is 69.1 Å². The van der Waals surface area contributed by atoms with Gasteiger partial charge < -0.3 is 15.0 Å². The molecule has 0 bridgehead atoms. The fourth-order valence-electron chi connectivity index (χ4n) is 5.19. The lowest BCUT2D eigenvalue weighted by Crippen LogP contribution is -2.51. The molecule has 0 spiro atoms. The van der Waals surface area contributed by atoms with Crippen molar-refractivity contribution in [2.75, 3.05) is 21.2 Å². The van der Waals surface area contributed by atoms with Crippen molar-refractivity contribution in [1.29, 1.82) is 0 Å². The summed E-state index contributed by atoms with van der Waals surface area (Å²) in [6, 6.07) is 15.2. The number of hydrogen-bond donors (Lipinski definition) is 2. The molecule has 1 heterocycles. The molecule has 0 aliphatic heterocycles. The SMILES string of the molecule is COC(=O)C(Cc1c[nH]c2cc(F)ccc12)NC1CCC(c2ccccc2)(N(C)C)CC1. The van der Waals surface area contributed by atoms with Gasteiger partial charge in [0.2, 0.25) is 0 Å². The fraction of sp³-hybridized carbons (Fsp3) is 0.423. The first-order chi connectivity index (χ1) is 15.4. The summed E-state index contributed by atoms with van der Waals surface area (Å²) >= 11 is 0. The van der Waals surface area contributed by atoms with E-state index in [4.69, 9.17) is 4.74 Å². The number of ether oxygens (including phenoxy) is 1. The molecule has 0 amide bonds. The van der Waals surface area contributed by atoms with E-state index in [1.807, 2.05) is 6.20 Å². The Labute approximate surface area is 189 Å². The predicted octanol–water partition coefficient (Wildman–Crippen LogP) is 4.38. The molecule has 2 N–H and O–H groups in total. The first-order valence-corrected chi connectivity index (χ1v) is 11.3. The van der Waals surface area contributed by atoms with Gasteiger partial charge in [0.15, 0.2) is 0 Å². The molecular weight excluding hydrogens is 405 g/mol. The number of benzene rings is 2. The highest BCUT2D eigenvalue weighted by molar-refractivity contribution is 5.84. The third-order valence-corrected chi connectivity index (χ3v) is 7.06. The van der Waals surface area contributed by atoms with E-state index in [0.29, 0.717) is 6.42 Å². The van der Waals surface area contributed by atoms with E-state index in [1.54, 1.807) is 6.07 Å². The number of methoxy groups -OCH3 is 1. The predicted molar refractivity (Wildman–Crippen MR) is 125 cm³/mol. The average molecular weight is 438 g/mol. The monoisotopic (exact) mass is 437 g/mol. The van der Waals surface area contributed by atoms with Gasteiger partial charge in [0, 0.05) is 35.1 Å². The molecule has 4 rings (SSSR count). The van der Waals surface area contributed by atoms with Gasteiger partial charge in [0.1, 0.15) is 11.9 Å². The van der Waals surface area contributed by atoms with Crippen LogP contribution in [0, 0.1) is 5.82 Å². The molecule has 1 atom stereocenters. The Morgan fingerprint density at radius 2 is 1.94 bits per heavy atom. The molecule has 1 aliphatic carbocycles. The van der Waals surface area contributed by atoms with Crippen molar-refractivity contribution in [3.63, 3.8) is 0 Å². The van der Waals surface area contributed by atoms with E-state index in [-0.39, 0.29) is 23.4 Å². The van der Waals surface area contributed by atoms with Crippen molar-refractivity contribution >= 4 is 16.9 Å². The van der Waals surface area contributed by atoms with Crippen LogP contribution in [0.15, 0.2) is 54.7 Å². The first kappa shape index (κ1) is 22.5. The maximum Gasteiger partial charge on any atom is 0.323 e. The Kier molecular flexibility index (Phi) is 6.63. The Bertz CT molecular complexity index is 1060.